The fourth-order valence-electron chi connectivity index (χ4n) is 3.16. The lowest BCUT2D eigenvalue weighted by molar-refractivity contribution is -0.118. The number of amides is 1. The molecule has 0 fully saturated rings. The lowest BCUT2D eigenvalue weighted by Gasteiger charge is -2.08. The maximum absolute atomic E-state index is 12.3. The summed E-state index contributed by atoms with van der Waals surface area (Å²) in [7, 11) is 0. The highest BCUT2D eigenvalue weighted by Crippen LogP contribution is 2.36. The topological polar surface area (TPSA) is 67.0 Å². The van der Waals surface area contributed by atoms with E-state index in [1.165, 1.54) is 17.3 Å². The number of rotatable bonds is 5. The second-order valence-electron chi connectivity index (χ2n) is 7.32. The van der Waals surface area contributed by atoms with Gasteiger partial charge in [0, 0.05) is 11.4 Å². The first-order valence-corrected chi connectivity index (χ1v) is 11.3. The zero-order valence-electron chi connectivity index (χ0n) is 17.3. The predicted octanol–water partition coefficient (Wildman–Crippen LogP) is 6.15. The number of thioether (sulfide) groups is 1. The molecule has 0 atom stereocenters. The molecule has 0 spiro atoms. The van der Waals surface area contributed by atoms with Crippen molar-refractivity contribution in [3.05, 3.63) is 82.3 Å². The highest BCUT2D eigenvalue weighted by atomic mass is 35.5. The Bertz CT molecular complexity index is 1150. The summed E-state index contributed by atoms with van der Waals surface area (Å²) >= 11 is 7.49. The summed E-state index contributed by atoms with van der Waals surface area (Å²) in [5.74, 6) is 0.925. The van der Waals surface area contributed by atoms with Crippen LogP contribution in [0.25, 0.3) is 0 Å². The van der Waals surface area contributed by atoms with Crippen molar-refractivity contribution in [2.45, 2.75) is 26.8 Å². The van der Waals surface area contributed by atoms with E-state index in [0.717, 1.165) is 39.0 Å². The Balaban J connectivity index is 1.55. The minimum atomic E-state index is -0.0707. The number of aryl methyl sites for hydroxylation is 2. The zero-order chi connectivity index (χ0) is 21.8. The molecule has 0 radical (unpaired) electrons. The molecule has 1 aliphatic rings. The third-order valence-corrected chi connectivity index (χ3v) is 6.22. The molecule has 5 nitrogen and oxygen atoms in total. The quantitative estimate of drug-likeness (QED) is 0.505. The van der Waals surface area contributed by atoms with Gasteiger partial charge in [-0.3, -0.25) is 9.79 Å². The lowest BCUT2D eigenvalue weighted by Crippen LogP contribution is -2.25. The van der Waals surface area contributed by atoms with Crippen LogP contribution in [0.4, 0.5) is 11.4 Å². The van der Waals surface area contributed by atoms with Crippen LogP contribution in [0, 0.1) is 13.8 Å². The number of nitrogens with zero attached hydrogens (tertiary/aromatic N) is 2. The van der Waals surface area contributed by atoms with Gasteiger partial charge in [0.1, 0.15) is 5.76 Å². The molecule has 158 valence electrons. The Morgan fingerprint density at radius 2 is 1.81 bits per heavy atom. The van der Waals surface area contributed by atoms with Gasteiger partial charge in [0.05, 0.1) is 40.7 Å². The number of benzene rings is 2. The second kappa shape index (κ2) is 9.54. The number of furan rings is 1. The van der Waals surface area contributed by atoms with E-state index < -0.39 is 0 Å². The van der Waals surface area contributed by atoms with Crippen LogP contribution in [0.15, 0.2) is 69.2 Å². The van der Waals surface area contributed by atoms with Crippen molar-refractivity contribution in [2.75, 3.05) is 5.75 Å². The van der Waals surface area contributed by atoms with Crippen molar-refractivity contribution in [1.82, 2.24) is 5.32 Å². The number of halogens is 1. The minimum Gasteiger partial charge on any atom is -0.467 e. The summed E-state index contributed by atoms with van der Waals surface area (Å²) in [6.07, 6.45) is 2.14. The first-order chi connectivity index (χ1) is 15.0. The summed E-state index contributed by atoms with van der Waals surface area (Å²) in [5.41, 5.74) is 5.89. The van der Waals surface area contributed by atoms with Crippen molar-refractivity contribution in [3.8, 4) is 0 Å². The van der Waals surface area contributed by atoms with E-state index in [4.69, 9.17) is 26.0 Å². The number of hydrogen-bond acceptors (Lipinski definition) is 5. The van der Waals surface area contributed by atoms with Crippen molar-refractivity contribution in [2.24, 2.45) is 9.98 Å². The molecule has 4 rings (SSSR count). The van der Waals surface area contributed by atoms with Gasteiger partial charge in [-0.2, -0.15) is 0 Å². The van der Waals surface area contributed by atoms with Gasteiger partial charge in [0.25, 0.3) is 0 Å². The van der Waals surface area contributed by atoms with Crippen LogP contribution in [0.2, 0.25) is 5.02 Å². The maximum Gasteiger partial charge on any atom is 0.230 e. The lowest BCUT2D eigenvalue weighted by atomic mass is 10.1. The molecule has 31 heavy (non-hydrogen) atoms. The molecular formula is C24H22ClN3O2S. The molecule has 1 amide bonds. The largest absolute Gasteiger partial charge is 0.467 e. The molecule has 1 aliphatic heterocycles. The molecule has 0 saturated carbocycles. The summed E-state index contributed by atoms with van der Waals surface area (Å²) in [4.78, 5) is 22.1. The maximum atomic E-state index is 12.3. The molecule has 0 saturated heterocycles. The summed E-state index contributed by atoms with van der Waals surface area (Å²) < 4.78 is 5.26. The van der Waals surface area contributed by atoms with Gasteiger partial charge in [0.2, 0.25) is 5.91 Å². The van der Waals surface area contributed by atoms with E-state index in [1.807, 2.05) is 30.3 Å². The van der Waals surface area contributed by atoms with Gasteiger partial charge in [-0.05, 0) is 66.9 Å². The standard InChI is InChI=1S/C24H22ClN3O2S/c1-15-10-21-22(11-16(15)2)28-24(12-20(27-21)17-5-7-18(25)8-6-17)31-14-23(29)26-13-19-4-3-9-30-19/h3-11H,12-14H2,1-2H3,(H,26,29). The number of carbonyl (C=O) groups is 1. The molecule has 0 unspecified atom stereocenters. The fourth-order valence-corrected chi connectivity index (χ4v) is 4.09. The Hall–Kier alpha value is -2.83. The summed E-state index contributed by atoms with van der Waals surface area (Å²) in [5, 5.41) is 4.40. The fraction of sp³-hybridized carbons (Fsp3) is 0.208. The van der Waals surface area contributed by atoms with Crippen LogP contribution in [-0.2, 0) is 11.3 Å². The van der Waals surface area contributed by atoms with Gasteiger partial charge >= 0.3 is 0 Å². The van der Waals surface area contributed by atoms with Crippen molar-refractivity contribution < 1.29 is 9.21 Å². The van der Waals surface area contributed by atoms with E-state index >= 15 is 0 Å². The van der Waals surface area contributed by atoms with Gasteiger partial charge in [-0.1, -0.05) is 23.7 Å². The van der Waals surface area contributed by atoms with Crippen LogP contribution in [0.1, 0.15) is 28.9 Å². The van der Waals surface area contributed by atoms with E-state index in [-0.39, 0.29) is 11.7 Å². The summed E-state index contributed by atoms with van der Waals surface area (Å²) in [6.45, 7) is 4.51. The van der Waals surface area contributed by atoms with Crippen LogP contribution < -0.4 is 5.32 Å². The molecule has 3 aromatic rings. The van der Waals surface area contributed by atoms with Crippen molar-refractivity contribution in [1.29, 1.82) is 0 Å². The van der Waals surface area contributed by atoms with E-state index in [2.05, 4.69) is 31.3 Å². The molecule has 1 aromatic heterocycles. The van der Waals surface area contributed by atoms with Gasteiger partial charge < -0.3 is 9.73 Å². The smallest absolute Gasteiger partial charge is 0.230 e. The van der Waals surface area contributed by atoms with Crippen LogP contribution >= 0.6 is 23.4 Å². The molecular weight excluding hydrogens is 430 g/mol. The minimum absolute atomic E-state index is 0.0707. The van der Waals surface area contributed by atoms with E-state index in [1.54, 1.807) is 12.3 Å². The van der Waals surface area contributed by atoms with Crippen molar-refractivity contribution >= 4 is 51.4 Å². The second-order valence-corrected chi connectivity index (χ2v) is 8.80. The number of fused-ring (bicyclic) bond motifs is 1. The third kappa shape index (κ3) is 5.46. The number of carbonyl (C=O) groups excluding carboxylic acids is 1. The van der Waals surface area contributed by atoms with Gasteiger partial charge in [-0.15, -0.1) is 11.8 Å². The normalized spacial score (nSPS) is 13.1. The first-order valence-electron chi connectivity index (χ1n) is 9.92. The van der Waals surface area contributed by atoms with Crippen LogP contribution in [-0.4, -0.2) is 22.4 Å². The Morgan fingerprint density at radius 1 is 1.10 bits per heavy atom. The molecule has 1 N–H and O–H groups in total. The molecule has 2 heterocycles. The summed E-state index contributed by atoms with van der Waals surface area (Å²) in [6, 6.07) is 15.4. The van der Waals surface area contributed by atoms with Crippen molar-refractivity contribution in [3.63, 3.8) is 0 Å². The van der Waals surface area contributed by atoms with E-state index in [0.29, 0.717) is 18.0 Å². The first kappa shape index (κ1) is 21.4. The Labute approximate surface area is 190 Å². The Morgan fingerprint density at radius 3 is 2.48 bits per heavy atom. The van der Waals surface area contributed by atoms with Gasteiger partial charge in [-0.25, -0.2) is 4.99 Å². The SMILES string of the molecule is Cc1cc2c(cc1C)N=C(c1ccc(Cl)cc1)CC(SCC(=O)NCc1ccco1)=N2. The van der Waals surface area contributed by atoms with Gasteiger partial charge in [0.15, 0.2) is 0 Å². The predicted molar refractivity (Wildman–Crippen MR) is 128 cm³/mol. The third-order valence-electron chi connectivity index (χ3n) is 5.00. The monoisotopic (exact) mass is 451 g/mol. The molecule has 2 aromatic carbocycles. The molecule has 7 heteroatoms. The molecule has 0 bridgehead atoms. The highest BCUT2D eigenvalue weighted by Gasteiger charge is 2.17. The average Bonchev–Trinajstić information content (AvgIpc) is 3.21. The van der Waals surface area contributed by atoms with Crippen LogP contribution in [0.3, 0.4) is 0 Å². The number of aliphatic imine (C=N–C) groups is 2. The zero-order valence-corrected chi connectivity index (χ0v) is 18.9. The average molecular weight is 452 g/mol. The number of hydrogen-bond donors (Lipinski definition) is 1. The highest BCUT2D eigenvalue weighted by molar-refractivity contribution is 8.14. The molecule has 0 aliphatic carbocycles. The van der Waals surface area contributed by atoms with Crippen LogP contribution in [0.5, 0.6) is 0 Å². The Kier molecular flexibility index (Phi) is 6.59. The number of nitrogens with one attached hydrogen (secondary N) is 1. The van der Waals surface area contributed by atoms with E-state index in [9.17, 15) is 4.79 Å².